The SMILES string of the molecule is COc1ccc(-c2cnc(N3CCC(NCc4ccc(/C=C/C(=O)NO)cc4)CC3)c(C#N)c2-c2cnc(C#N)c(F)c2)cc1O. The number of ether oxygens (including phenoxy) is 1. The van der Waals surface area contributed by atoms with Crippen LogP contribution >= 0.6 is 0 Å². The van der Waals surface area contributed by atoms with Gasteiger partial charge in [-0.1, -0.05) is 30.3 Å². The van der Waals surface area contributed by atoms with E-state index in [0.29, 0.717) is 47.7 Å². The summed E-state index contributed by atoms with van der Waals surface area (Å²) in [4.78, 5) is 21.9. The van der Waals surface area contributed by atoms with Crippen LogP contribution in [0.5, 0.6) is 11.5 Å². The van der Waals surface area contributed by atoms with E-state index < -0.39 is 11.7 Å². The number of amides is 1. The fraction of sp³-hybridized carbons (Fsp3) is 0.206. The molecule has 0 atom stereocenters. The summed E-state index contributed by atoms with van der Waals surface area (Å²) in [7, 11) is 1.44. The van der Waals surface area contributed by atoms with Crippen LogP contribution in [0, 0.1) is 28.5 Å². The molecule has 4 aromatic rings. The van der Waals surface area contributed by atoms with Gasteiger partial charge < -0.3 is 20.1 Å². The number of aromatic hydroxyl groups is 1. The summed E-state index contributed by atoms with van der Waals surface area (Å²) >= 11 is 0. The molecule has 1 aliphatic heterocycles. The van der Waals surface area contributed by atoms with Crippen molar-refractivity contribution in [2.45, 2.75) is 25.4 Å². The number of hydrogen-bond acceptors (Lipinski definition) is 10. The Kier molecular flexibility index (Phi) is 9.83. The number of carbonyl (C=O) groups is 1. The first-order valence-corrected chi connectivity index (χ1v) is 14.4. The van der Waals surface area contributed by atoms with Gasteiger partial charge in [-0.05, 0) is 53.8 Å². The number of halogens is 1. The maximum Gasteiger partial charge on any atom is 0.267 e. The number of hydroxylamine groups is 1. The third kappa shape index (κ3) is 6.94. The van der Waals surface area contributed by atoms with E-state index in [-0.39, 0.29) is 28.8 Å². The van der Waals surface area contributed by atoms with Crippen molar-refractivity contribution in [3.05, 3.63) is 95.2 Å². The molecule has 2 aromatic carbocycles. The normalized spacial score (nSPS) is 13.3. The molecule has 0 spiro atoms. The van der Waals surface area contributed by atoms with Crippen LogP contribution in [-0.4, -0.2) is 52.4 Å². The van der Waals surface area contributed by atoms with Crippen molar-refractivity contribution in [2.75, 3.05) is 25.1 Å². The van der Waals surface area contributed by atoms with E-state index in [1.807, 2.05) is 29.2 Å². The number of nitrogens with zero attached hydrogens (tertiary/aromatic N) is 5. The third-order valence-electron chi connectivity index (χ3n) is 7.80. The molecule has 0 bridgehead atoms. The predicted molar refractivity (Wildman–Crippen MR) is 168 cm³/mol. The maximum absolute atomic E-state index is 14.8. The maximum atomic E-state index is 14.8. The summed E-state index contributed by atoms with van der Waals surface area (Å²) in [6.07, 6.45) is 7.39. The number of phenolic OH excluding ortho intramolecular Hbond substituents is 1. The molecule has 1 aliphatic rings. The van der Waals surface area contributed by atoms with Gasteiger partial charge in [-0.2, -0.15) is 10.5 Å². The van der Waals surface area contributed by atoms with Gasteiger partial charge in [-0.15, -0.1) is 0 Å². The molecular weight excluding hydrogens is 589 g/mol. The van der Waals surface area contributed by atoms with E-state index in [1.165, 1.54) is 31.5 Å². The molecule has 0 unspecified atom stereocenters. The van der Waals surface area contributed by atoms with Gasteiger partial charge in [0.15, 0.2) is 23.0 Å². The molecule has 232 valence electrons. The number of rotatable bonds is 9. The van der Waals surface area contributed by atoms with Crippen molar-refractivity contribution in [3.8, 4) is 45.9 Å². The zero-order chi connectivity index (χ0) is 32.6. The minimum Gasteiger partial charge on any atom is -0.504 e. The number of aromatic nitrogens is 2. The quantitative estimate of drug-likeness (QED) is 0.117. The van der Waals surface area contributed by atoms with E-state index in [1.54, 1.807) is 36.0 Å². The Labute approximate surface area is 264 Å². The summed E-state index contributed by atoms with van der Waals surface area (Å²) in [6, 6.07) is 17.9. The fourth-order valence-corrected chi connectivity index (χ4v) is 5.39. The summed E-state index contributed by atoms with van der Waals surface area (Å²) in [5.41, 5.74) is 5.06. The number of nitrogens with one attached hydrogen (secondary N) is 2. The van der Waals surface area contributed by atoms with E-state index in [2.05, 4.69) is 21.4 Å². The Morgan fingerprint density at radius 2 is 1.85 bits per heavy atom. The van der Waals surface area contributed by atoms with Crippen LogP contribution in [0.15, 0.2) is 67.0 Å². The van der Waals surface area contributed by atoms with Crippen molar-refractivity contribution in [3.63, 3.8) is 0 Å². The van der Waals surface area contributed by atoms with Crippen molar-refractivity contribution < 1.29 is 24.2 Å². The van der Waals surface area contributed by atoms with Crippen LogP contribution in [0.25, 0.3) is 28.3 Å². The van der Waals surface area contributed by atoms with Crippen LogP contribution in [-0.2, 0) is 11.3 Å². The Balaban J connectivity index is 1.36. The largest absolute Gasteiger partial charge is 0.504 e. The van der Waals surface area contributed by atoms with E-state index in [4.69, 9.17) is 9.94 Å². The van der Waals surface area contributed by atoms with Gasteiger partial charge in [0.2, 0.25) is 0 Å². The zero-order valence-electron chi connectivity index (χ0n) is 24.9. The van der Waals surface area contributed by atoms with Crippen molar-refractivity contribution in [2.24, 2.45) is 0 Å². The molecule has 1 saturated heterocycles. The van der Waals surface area contributed by atoms with Crippen molar-refractivity contribution >= 4 is 17.8 Å². The molecule has 12 heteroatoms. The second-order valence-electron chi connectivity index (χ2n) is 10.6. The Morgan fingerprint density at radius 3 is 2.48 bits per heavy atom. The molecule has 1 amide bonds. The second kappa shape index (κ2) is 14.3. The molecule has 0 aliphatic carbocycles. The van der Waals surface area contributed by atoms with Crippen LogP contribution in [0.2, 0.25) is 0 Å². The standard InChI is InChI=1S/C34H30FN7O4/c1-46-31-8-7-23(15-30(31)43)27-20-40-34(26(16-36)33(27)24-14-28(35)29(17-37)39-19-24)42-12-10-25(11-13-42)38-18-22-4-2-21(3-5-22)6-9-32(44)41-45/h2-9,14-15,19-20,25,38,43,45H,10-13,18H2,1H3,(H,41,44)/b9-6+. The van der Waals surface area contributed by atoms with Crippen LogP contribution in [0.4, 0.5) is 10.2 Å². The summed E-state index contributed by atoms with van der Waals surface area (Å²) in [5, 5.41) is 42.3. The molecule has 3 heterocycles. The fourth-order valence-electron chi connectivity index (χ4n) is 5.39. The molecule has 2 aromatic heterocycles. The highest BCUT2D eigenvalue weighted by Gasteiger charge is 2.26. The predicted octanol–water partition coefficient (Wildman–Crippen LogP) is 4.68. The minimum absolute atomic E-state index is 0.105. The molecule has 1 fully saturated rings. The highest BCUT2D eigenvalue weighted by molar-refractivity contribution is 5.91. The van der Waals surface area contributed by atoms with Gasteiger partial charge in [0, 0.05) is 60.8 Å². The number of anilines is 1. The number of phenols is 1. The highest BCUT2D eigenvalue weighted by Crippen LogP contribution is 2.41. The van der Waals surface area contributed by atoms with Crippen LogP contribution in [0.1, 0.15) is 35.2 Å². The average molecular weight is 620 g/mol. The summed E-state index contributed by atoms with van der Waals surface area (Å²) in [6.45, 7) is 1.90. The smallest absolute Gasteiger partial charge is 0.267 e. The first-order valence-electron chi connectivity index (χ1n) is 14.4. The molecule has 0 radical (unpaired) electrons. The zero-order valence-corrected chi connectivity index (χ0v) is 24.9. The number of hydrogen-bond donors (Lipinski definition) is 4. The first kappa shape index (κ1) is 31.6. The monoisotopic (exact) mass is 619 g/mol. The lowest BCUT2D eigenvalue weighted by Gasteiger charge is -2.34. The first-order chi connectivity index (χ1) is 22.3. The van der Waals surface area contributed by atoms with Crippen LogP contribution in [0.3, 0.4) is 0 Å². The van der Waals surface area contributed by atoms with Crippen molar-refractivity contribution in [1.82, 2.24) is 20.8 Å². The van der Waals surface area contributed by atoms with Gasteiger partial charge in [-0.25, -0.2) is 19.8 Å². The topological polar surface area (TPSA) is 167 Å². The Bertz CT molecular complexity index is 1860. The molecule has 5 rings (SSSR count). The highest BCUT2D eigenvalue weighted by atomic mass is 19.1. The molecule has 4 N–H and O–H groups in total. The lowest BCUT2D eigenvalue weighted by atomic mass is 9.92. The Morgan fingerprint density at radius 1 is 1.09 bits per heavy atom. The molecular formula is C34H30FN7O4. The second-order valence-corrected chi connectivity index (χ2v) is 10.6. The number of piperidine rings is 1. The third-order valence-corrected chi connectivity index (χ3v) is 7.80. The number of benzene rings is 2. The molecule has 0 saturated carbocycles. The molecule has 11 nitrogen and oxygen atoms in total. The minimum atomic E-state index is -0.808. The van der Waals surface area contributed by atoms with E-state index in [0.717, 1.165) is 24.0 Å². The summed E-state index contributed by atoms with van der Waals surface area (Å²) in [5.74, 6) is -0.776. The van der Waals surface area contributed by atoms with Crippen molar-refractivity contribution in [1.29, 1.82) is 10.5 Å². The number of pyridine rings is 2. The van der Waals surface area contributed by atoms with E-state index >= 15 is 0 Å². The Hall–Kier alpha value is -5.82. The number of nitriles is 2. The van der Waals surface area contributed by atoms with Gasteiger partial charge in [-0.3, -0.25) is 10.0 Å². The van der Waals surface area contributed by atoms with E-state index in [9.17, 15) is 24.8 Å². The number of methoxy groups -OCH3 is 1. The van der Waals surface area contributed by atoms with Gasteiger partial charge in [0.05, 0.1) is 7.11 Å². The lowest BCUT2D eigenvalue weighted by molar-refractivity contribution is -0.124. The summed E-state index contributed by atoms with van der Waals surface area (Å²) < 4.78 is 19.9. The number of carbonyl (C=O) groups excluding carboxylic acids is 1. The molecule has 46 heavy (non-hydrogen) atoms. The van der Waals surface area contributed by atoms with Crippen LogP contribution < -0.4 is 20.4 Å². The van der Waals surface area contributed by atoms with Gasteiger partial charge >= 0.3 is 0 Å². The average Bonchev–Trinajstić information content (AvgIpc) is 3.09. The lowest BCUT2D eigenvalue weighted by Crippen LogP contribution is -2.42. The van der Waals surface area contributed by atoms with Gasteiger partial charge in [0.25, 0.3) is 5.91 Å². The van der Waals surface area contributed by atoms with Gasteiger partial charge in [0.1, 0.15) is 23.5 Å².